The molecule has 29 heavy (non-hydrogen) atoms. The normalized spacial score (nSPS) is 19.5. The van der Waals surface area contributed by atoms with Crippen molar-refractivity contribution in [3.8, 4) is 0 Å². The van der Waals surface area contributed by atoms with E-state index < -0.39 is 5.54 Å². The van der Waals surface area contributed by atoms with Gasteiger partial charge in [-0.2, -0.15) is 0 Å². The summed E-state index contributed by atoms with van der Waals surface area (Å²) in [5.74, 6) is 0.237. The molecule has 0 fully saturated rings. The molecule has 1 atom stereocenters. The molecule has 7 heteroatoms. The van der Waals surface area contributed by atoms with Gasteiger partial charge in [-0.05, 0) is 49.7 Å². The maximum atomic E-state index is 12.8. The Morgan fingerprint density at radius 1 is 1.28 bits per heavy atom. The first-order valence-corrected chi connectivity index (χ1v) is 9.36. The molecule has 1 aliphatic heterocycles. The van der Waals surface area contributed by atoms with Crippen LogP contribution in [0.3, 0.4) is 0 Å². The number of furan rings is 1. The van der Waals surface area contributed by atoms with Crippen molar-refractivity contribution in [3.63, 3.8) is 0 Å². The van der Waals surface area contributed by atoms with Crippen LogP contribution in [0, 0.1) is 6.92 Å². The number of carbonyl (C=O) groups is 2. The molecule has 2 aromatic heterocycles. The number of aliphatic imine (C=N–C) groups is 1. The Bertz CT molecular complexity index is 1160. The van der Waals surface area contributed by atoms with Crippen molar-refractivity contribution >= 4 is 28.6 Å². The van der Waals surface area contributed by atoms with Gasteiger partial charge in [-0.3, -0.25) is 19.5 Å². The quantitative estimate of drug-likeness (QED) is 0.690. The van der Waals surface area contributed by atoms with Crippen LogP contribution in [0.4, 0.5) is 0 Å². The number of fused-ring (bicyclic) bond motifs is 1. The number of rotatable bonds is 4. The Labute approximate surface area is 168 Å². The van der Waals surface area contributed by atoms with Crippen LogP contribution in [0.5, 0.6) is 0 Å². The Morgan fingerprint density at radius 3 is 2.83 bits per heavy atom. The van der Waals surface area contributed by atoms with Gasteiger partial charge in [-0.25, -0.2) is 4.99 Å². The maximum Gasteiger partial charge on any atom is 0.231 e. The highest BCUT2D eigenvalue weighted by Gasteiger charge is 2.37. The van der Waals surface area contributed by atoms with Gasteiger partial charge >= 0.3 is 0 Å². The summed E-state index contributed by atoms with van der Waals surface area (Å²) in [6, 6.07) is 11.2. The second-order valence-corrected chi connectivity index (χ2v) is 7.67. The van der Waals surface area contributed by atoms with E-state index in [0.29, 0.717) is 17.0 Å². The third-order valence-corrected chi connectivity index (χ3v) is 5.26. The van der Waals surface area contributed by atoms with Crippen molar-refractivity contribution in [1.82, 2.24) is 9.88 Å². The molecule has 0 bridgehead atoms. The average Bonchev–Trinajstić information content (AvgIpc) is 3.09. The number of Topliss-reactive ketones (excluding diaryl/α,β-unsaturated/α-hetero) is 1. The van der Waals surface area contributed by atoms with Crippen LogP contribution in [0.1, 0.15) is 40.7 Å². The van der Waals surface area contributed by atoms with Crippen molar-refractivity contribution in [2.45, 2.75) is 32.2 Å². The summed E-state index contributed by atoms with van der Waals surface area (Å²) in [5.41, 5.74) is 8.21. The van der Waals surface area contributed by atoms with Crippen LogP contribution in [-0.2, 0) is 16.8 Å². The van der Waals surface area contributed by atoms with Gasteiger partial charge in [0.25, 0.3) is 0 Å². The predicted octanol–water partition coefficient (Wildman–Crippen LogP) is 2.95. The van der Waals surface area contributed by atoms with E-state index in [4.69, 9.17) is 10.2 Å². The summed E-state index contributed by atoms with van der Waals surface area (Å²) in [5, 5.41) is 0.908. The minimum absolute atomic E-state index is 0.122. The molecule has 7 nitrogen and oxygen atoms in total. The number of aromatic nitrogens is 1. The van der Waals surface area contributed by atoms with Crippen molar-refractivity contribution in [2.24, 2.45) is 10.7 Å². The van der Waals surface area contributed by atoms with Gasteiger partial charge in [0.15, 0.2) is 11.7 Å². The highest BCUT2D eigenvalue weighted by Crippen LogP contribution is 2.32. The Hall–Kier alpha value is -3.48. The van der Waals surface area contributed by atoms with Gasteiger partial charge in [0.1, 0.15) is 11.1 Å². The molecule has 3 heterocycles. The van der Waals surface area contributed by atoms with Crippen LogP contribution < -0.4 is 5.73 Å². The number of amides is 1. The molecule has 3 aromatic rings. The first-order chi connectivity index (χ1) is 13.7. The maximum absolute atomic E-state index is 12.8. The zero-order valence-electron chi connectivity index (χ0n) is 16.6. The van der Waals surface area contributed by atoms with Gasteiger partial charge in [-0.15, -0.1) is 0 Å². The van der Waals surface area contributed by atoms with Gasteiger partial charge in [0, 0.05) is 25.1 Å². The first-order valence-electron chi connectivity index (χ1n) is 9.36. The molecule has 0 saturated carbocycles. The number of hydrogen-bond acceptors (Lipinski definition) is 6. The van der Waals surface area contributed by atoms with E-state index in [9.17, 15) is 9.59 Å². The number of carbonyl (C=O) groups excluding carboxylic acids is 2. The Balaban J connectivity index is 1.60. The standard InChI is InChI=1S/C22H22N4O3/c1-13-4-5-17-15(8-13)11-18(29-17)16(27)9-14-6-7-24-19(10-14)22(2)12-20(28)26(3)21(23)25-22/h4-8,10-11H,9,12H2,1-3H3,(H2,23,25). The average molecular weight is 390 g/mol. The smallest absolute Gasteiger partial charge is 0.231 e. The number of aryl methyl sites for hydroxylation is 1. The SMILES string of the molecule is Cc1ccc2oc(C(=O)Cc3ccnc(C4(C)CC(=O)N(C)C(N)=N4)c3)cc2c1. The number of nitrogens with zero attached hydrogens (tertiary/aromatic N) is 3. The van der Waals surface area contributed by atoms with E-state index in [2.05, 4.69) is 9.98 Å². The molecule has 4 rings (SSSR count). The fourth-order valence-corrected chi connectivity index (χ4v) is 3.51. The highest BCUT2D eigenvalue weighted by atomic mass is 16.3. The summed E-state index contributed by atoms with van der Waals surface area (Å²) >= 11 is 0. The number of benzene rings is 1. The lowest BCUT2D eigenvalue weighted by Crippen LogP contribution is -2.47. The van der Waals surface area contributed by atoms with Crippen LogP contribution in [0.15, 0.2) is 52.0 Å². The summed E-state index contributed by atoms with van der Waals surface area (Å²) in [7, 11) is 1.60. The largest absolute Gasteiger partial charge is 0.453 e. The number of hydrogen-bond donors (Lipinski definition) is 1. The van der Waals surface area contributed by atoms with Crippen LogP contribution in [0.2, 0.25) is 0 Å². The second kappa shape index (κ2) is 6.84. The molecule has 148 valence electrons. The zero-order valence-corrected chi connectivity index (χ0v) is 16.6. The molecule has 1 aliphatic rings. The third-order valence-electron chi connectivity index (χ3n) is 5.26. The summed E-state index contributed by atoms with van der Waals surface area (Å²) in [6.07, 6.45) is 1.95. The number of ketones is 1. The Kier molecular flexibility index (Phi) is 4.45. The fourth-order valence-electron chi connectivity index (χ4n) is 3.51. The molecule has 0 saturated heterocycles. The number of nitrogens with two attached hydrogens (primary N) is 1. The highest BCUT2D eigenvalue weighted by molar-refractivity contribution is 5.99. The lowest BCUT2D eigenvalue weighted by molar-refractivity contribution is -0.128. The van der Waals surface area contributed by atoms with Crippen molar-refractivity contribution in [3.05, 3.63) is 65.2 Å². The zero-order chi connectivity index (χ0) is 20.8. The van der Waals surface area contributed by atoms with E-state index >= 15 is 0 Å². The summed E-state index contributed by atoms with van der Waals surface area (Å²) in [4.78, 5) is 35.2. The molecule has 0 radical (unpaired) electrons. The van der Waals surface area contributed by atoms with Gasteiger partial charge in [0.05, 0.1) is 12.1 Å². The van der Waals surface area contributed by atoms with Crippen molar-refractivity contribution < 1.29 is 14.0 Å². The number of guanidine groups is 1. The first kappa shape index (κ1) is 18.9. The van der Waals surface area contributed by atoms with Crippen LogP contribution in [0.25, 0.3) is 11.0 Å². The molecule has 0 aliphatic carbocycles. The van der Waals surface area contributed by atoms with Gasteiger partial charge in [-0.1, -0.05) is 11.6 Å². The van der Waals surface area contributed by atoms with Crippen LogP contribution >= 0.6 is 0 Å². The second-order valence-electron chi connectivity index (χ2n) is 7.67. The monoisotopic (exact) mass is 390 g/mol. The molecule has 2 N–H and O–H groups in total. The van der Waals surface area contributed by atoms with E-state index in [1.54, 1.807) is 31.4 Å². The lowest BCUT2D eigenvalue weighted by Gasteiger charge is -2.32. The summed E-state index contributed by atoms with van der Waals surface area (Å²) < 4.78 is 5.71. The molecule has 1 amide bonds. The van der Waals surface area contributed by atoms with Crippen LogP contribution in [-0.4, -0.2) is 34.6 Å². The van der Waals surface area contributed by atoms with Crippen molar-refractivity contribution in [2.75, 3.05) is 7.05 Å². The molecule has 1 aromatic carbocycles. The predicted molar refractivity (Wildman–Crippen MR) is 110 cm³/mol. The minimum Gasteiger partial charge on any atom is -0.453 e. The van der Waals surface area contributed by atoms with E-state index in [1.807, 2.05) is 32.0 Å². The molecular formula is C22H22N4O3. The number of pyridine rings is 1. The topological polar surface area (TPSA) is 102 Å². The van der Waals surface area contributed by atoms with Gasteiger partial charge in [0.2, 0.25) is 11.7 Å². The van der Waals surface area contributed by atoms with E-state index in [1.165, 1.54) is 4.90 Å². The fraction of sp³-hybridized carbons (Fsp3) is 0.273. The molecule has 0 spiro atoms. The third kappa shape index (κ3) is 3.51. The lowest BCUT2D eigenvalue weighted by atomic mass is 9.90. The molecular weight excluding hydrogens is 368 g/mol. The molecule has 1 unspecified atom stereocenters. The minimum atomic E-state index is -0.858. The summed E-state index contributed by atoms with van der Waals surface area (Å²) in [6.45, 7) is 3.82. The Morgan fingerprint density at radius 2 is 2.07 bits per heavy atom. The van der Waals surface area contributed by atoms with E-state index in [0.717, 1.165) is 16.5 Å². The van der Waals surface area contributed by atoms with E-state index in [-0.39, 0.29) is 30.5 Å². The van der Waals surface area contributed by atoms with Crippen molar-refractivity contribution in [1.29, 1.82) is 0 Å². The van der Waals surface area contributed by atoms with Gasteiger partial charge < -0.3 is 10.2 Å².